The lowest BCUT2D eigenvalue weighted by Crippen LogP contribution is -2.29. The molecular formula is C48H24N6O2. The molecule has 1 aliphatic rings. The third kappa shape index (κ3) is 5.19. The molecule has 0 radical (unpaired) electrons. The summed E-state index contributed by atoms with van der Waals surface area (Å²) in [6.07, 6.45) is 0. The van der Waals surface area contributed by atoms with E-state index in [-0.39, 0.29) is 5.56 Å². The van der Waals surface area contributed by atoms with E-state index in [1.54, 1.807) is 54.6 Å². The second kappa shape index (κ2) is 13.1. The largest absolute Gasteiger partial charge is 0.308 e. The van der Waals surface area contributed by atoms with Crippen LogP contribution in [0.15, 0.2) is 146 Å². The zero-order valence-corrected chi connectivity index (χ0v) is 29.4. The molecule has 0 saturated heterocycles. The topological polar surface area (TPSA) is 98.6 Å². The molecule has 0 fully saturated rings. The second-order valence-corrected chi connectivity index (χ2v) is 13.3. The van der Waals surface area contributed by atoms with Gasteiger partial charge in [-0.25, -0.2) is 14.6 Å². The Morgan fingerprint density at radius 2 is 1.23 bits per heavy atom. The molecular weight excluding hydrogens is 693 g/mol. The van der Waals surface area contributed by atoms with Crippen LogP contribution in [0.25, 0.3) is 70.6 Å². The smallest absolute Gasteiger partial charge is 0.268 e. The van der Waals surface area contributed by atoms with Crippen molar-refractivity contribution in [3.63, 3.8) is 0 Å². The van der Waals surface area contributed by atoms with Gasteiger partial charge in [-0.1, -0.05) is 78.9 Å². The van der Waals surface area contributed by atoms with Crippen molar-refractivity contribution in [2.75, 3.05) is 4.90 Å². The van der Waals surface area contributed by atoms with E-state index in [4.69, 9.17) is 13.1 Å². The van der Waals surface area contributed by atoms with Crippen LogP contribution >= 0.6 is 0 Å². The lowest BCUT2D eigenvalue weighted by molar-refractivity contribution is 0.0926. The van der Waals surface area contributed by atoms with Gasteiger partial charge in [0.1, 0.15) is 0 Å². The first-order valence-electron chi connectivity index (χ1n) is 17.5. The quantitative estimate of drug-likeness (QED) is 0.131. The highest BCUT2D eigenvalue weighted by atomic mass is 16.2. The van der Waals surface area contributed by atoms with Crippen LogP contribution in [0.4, 0.5) is 17.1 Å². The van der Waals surface area contributed by atoms with Crippen molar-refractivity contribution in [2.24, 2.45) is 0 Å². The van der Waals surface area contributed by atoms with Gasteiger partial charge in [-0.3, -0.25) is 9.59 Å². The molecule has 8 heteroatoms. The number of hydrogen-bond acceptors (Lipinski definition) is 4. The van der Waals surface area contributed by atoms with Crippen LogP contribution in [-0.2, 0) is 0 Å². The number of nitrogens with zero attached hydrogens (tertiary/aromatic N) is 6. The Hall–Kier alpha value is -8.56. The number of benzene rings is 7. The van der Waals surface area contributed by atoms with Crippen LogP contribution in [0.1, 0.15) is 31.8 Å². The fraction of sp³-hybridized carbons (Fsp3) is 0. The van der Waals surface area contributed by atoms with Gasteiger partial charge >= 0.3 is 0 Å². The Bertz CT molecular complexity index is 3050. The van der Waals surface area contributed by atoms with E-state index in [0.717, 1.165) is 44.1 Å². The van der Waals surface area contributed by atoms with Crippen molar-refractivity contribution < 1.29 is 9.59 Å². The van der Waals surface area contributed by atoms with Crippen LogP contribution in [-0.4, -0.2) is 16.4 Å². The number of imide groups is 1. The van der Waals surface area contributed by atoms with Crippen molar-refractivity contribution in [3.8, 4) is 51.2 Å². The number of rotatable bonds is 5. The maximum absolute atomic E-state index is 14.6. The highest BCUT2D eigenvalue weighted by Crippen LogP contribution is 2.42. The summed E-state index contributed by atoms with van der Waals surface area (Å²) in [6.45, 7) is 15.3. The standard InChI is InChI=1S/C48H24N6O2/c1-51-35-17-19-37(34(23-35)28-50)32-15-20-43-40(25-32)41-26-33(38-18-14-29(27-49)22-42(38)52-2)16-21-44(41)54(43)45-13-7-12-39-46(45)48(56)53(47(39)55)36-11-6-10-31(24-36)30-8-4-3-5-9-30/h3-26H. The number of fused-ring (bicyclic) bond motifs is 4. The van der Waals surface area contributed by atoms with Gasteiger partial charge in [0.25, 0.3) is 11.8 Å². The Kier molecular flexibility index (Phi) is 7.81. The van der Waals surface area contributed by atoms with E-state index in [2.05, 4.69) is 21.8 Å². The summed E-state index contributed by atoms with van der Waals surface area (Å²) in [4.78, 5) is 37.1. The molecule has 1 aliphatic heterocycles. The first-order valence-corrected chi connectivity index (χ1v) is 17.5. The summed E-state index contributed by atoms with van der Waals surface area (Å²) >= 11 is 0. The molecule has 1 aromatic heterocycles. The van der Waals surface area contributed by atoms with Gasteiger partial charge in [0, 0.05) is 21.9 Å². The summed E-state index contributed by atoms with van der Waals surface area (Å²) < 4.78 is 1.98. The Morgan fingerprint density at radius 3 is 1.93 bits per heavy atom. The van der Waals surface area contributed by atoms with Crippen molar-refractivity contribution in [2.45, 2.75) is 0 Å². The highest BCUT2D eigenvalue weighted by Gasteiger charge is 2.39. The summed E-state index contributed by atoms with van der Waals surface area (Å²) in [5.41, 5.74) is 9.19. The molecule has 8 nitrogen and oxygen atoms in total. The Balaban J connectivity index is 1.26. The van der Waals surface area contributed by atoms with Gasteiger partial charge in [-0.2, -0.15) is 10.5 Å². The summed E-state index contributed by atoms with van der Waals surface area (Å²) in [5, 5.41) is 21.1. The average molecular weight is 717 g/mol. The lowest BCUT2D eigenvalue weighted by atomic mass is 9.97. The number of hydrogen-bond donors (Lipinski definition) is 0. The van der Waals surface area contributed by atoms with E-state index >= 15 is 0 Å². The maximum Gasteiger partial charge on any atom is 0.268 e. The molecule has 258 valence electrons. The van der Waals surface area contributed by atoms with E-state index in [0.29, 0.717) is 50.6 Å². The molecule has 0 bridgehead atoms. The zero-order chi connectivity index (χ0) is 38.5. The van der Waals surface area contributed by atoms with Gasteiger partial charge in [-0.15, -0.1) is 0 Å². The summed E-state index contributed by atoms with van der Waals surface area (Å²) in [5.74, 6) is -0.853. The molecule has 0 atom stereocenters. The fourth-order valence-corrected chi connectivity index (χ4v) is 7.65. The van der Waals surface area contributed by atoms with Crippen LogP contribution < -0.4 is 4.90 Å². The van der Waals surface area contributed by atoms with Gasteiger partial charge in [0.05, 0.1) is 58.8 Å². The van der Waals surface area contributed by atoms with Crippen molar-refractivity contribution in [1.29, 1.82) is 10.5 Å². The number of carbonyl (C=O) groups excluding carboxylic acids is 2. The minimum absolute atomic E-state index is 0.276. The van der Waals surface area contributed by atoms with Gasteiger partial charge < -0.3 is 4.57 Å². The summed E-state index contributed by atoms with van der Waals surface area (Å²) in [7, 11) is 0. The van der Waals surface area contributed by atoms with Crippen LogP contribution in [0.5, 0.6) is 0 Å². The van der Waals surface area contributed by atoms with Crippen molar-refractivity contribution >= 4 is 50.7 Å². The van der Waals surface area contributed by atoms with E-state index in [1.807, 2.05) is 95.6 Å². The molecule has 2 amide bonds. The third-order valence-electron chi connectivity index (χ3n) is 10.2. The molecule has 8 aromatic rings. The SMILES string of the molecule is [C-]#[N+]c1ccc(-c2ccc3c(c2)c2cc(-c4ccc(C#N)cc4[N+]#[C-])ccc2n3-c2cccc3c2C(=O)N(c2cccc(-c4ccccc4)c2)C3=O)c(C#N)c1. The van der Waals surface area contributed by atoms with Gasteiger partial charge in [0.2, 0.25) is 0 Å². The van der Waals surface area contributed by atoms with Crippen molar-refractivity contribution in [3.05, 3.63) is 191 Å². The average Bonchev–Trinajstić information content (AvgIpc) is 3.72. The van der Waals surface area contributed by atoms with Crippen molar-refractivity contribution in [1.82, 2.24) is 4.57 Å². The van der Waals surface area contributed by atoms with E-state index in [1.165, 1.54) is 4.90 Å². The number of amides is 2. The lowest BCUT2D eigenvalue weighted by Gasteiger charge is -2.16. The molecule has 9 rings (SSSR count). The fourth-order valence-electron chi connectivity index (χ4n) is 7.65. The van der Waals surface area contributed by atoms with Crippen LogP contribution in [0.3, 0.4) is 0 Å². The number of aromatic nitrogens is 1. The zero-order valence-electron chi connectivity index (χ0n) is 29.4. The monoisotopic (exact) mass is 716 g/mol. The molecule has 56 heavy (non-hydrogen) atoms. The first kappa shape index (κ1) is 33.3. The minimum atomic E-state index is -0.438. The Morgan fingerprint density at radius 1 is 0.536 bits per heavy atom. The molecule has 0 saturated carbocycles. The van der Waals surface area contributed by atoms with E-state index < -0.39 is 11.8 Å². The van der Waals surface area contributed by atoms with E-state index in [9.17, 15) is 20.1 Å². The normalized spacial score (nSPS) is 11.9. The maximum atomic E-state index is 14.6. The molecule has 0 aliphatic carbocycles. The summed E-state index contributed by atoms with van der Waals surface area (Å²) in [6, 6.07) is 48.5. The van der Waals surface area contributed by atoms with Crippen LogP contribution in [0, 0.1) is 35.8 Å². The van der Waals surface area contributed by atoms with Crippen LogP contribution in [0.2, 0.25) is 0 Å². The minimum Gasteiger partial charge on any atom is -0.308 e. The van der Waals surface area contributed by atoms with Gasteiger partial charge in [0.15, 0.2) is 11.4 Å². The predicted octanol–water partition coefficient (Wildman–Crippen LogP) is 11.4. The highest BCUT2D eigenvalue weighted by molar-refractivity contribution is 6.36. The third-order valence-corrected chi connectivity index (χ3v) is 10.2. The molecule has 2 heterocycles. The number of nitriles is 2. The molecule has 0 spiro atoms. The van der Waals surface area contributed by atoms with Gasteiger partial charge in [-0.05, 0) is 100 Å². The molecule has 7 aromatic carbocycles. The Labute approximate surface area is 321 Å². The predicted molar refractivity (Wildman–Crippen MR) is 217 cm³/mol. The number of anilines is 1. The molecule has 0 N–H and O–H groups in total. The first-order chi connectivity index (χ1) is 27.4. The molecule has 0 unspecified atom stereocenters. The number of carbonyl (C=O) groups is 2. The second-order valence-electron chi connectivity index (χ2n) is 13.3.